The number of hydrogen-bond acceptors (Lipinski definition) is 3. The van der Waals surface area contributed by atoms with Gasteiger partial charge < -0.3 is 9.13 Å². The van der Waals surface area contributed by atoms with Crippen molar-refractivity contribution in [3.63, 3.8) is 0 Å². The maximum atomic E-state index is 10.5. The summed E-state index contributed by atoms with van der Waals surface area (Å²) in [6.07, 6.45) is 0. The fourth-order valence-electron chi connectivity index (χ4n) is 7.46. The van der Waals surface area contributed by atoms with Crippen LogP contribution in [-0.2, 0) is 0 Å². The second-order valence-corrected chi connectivity index (χ2v) is 12.3. The minimum atomic E-state index is 0.549. The molecule has 0 aliphatic carbocycles. The topological polar surface area (TPSA) is 81.2 Å². The van der Waals surface area contributed by atoms with E-state index in [0.29, 0.717) is 16.7 Å². The molecular weight excluding hydrogens is 611 g/mol. The van der Waals surface area contributed by atoms with Crippen LogP contribution >= 0.6 is 0 Å². The molecule has 2 aromatic heterocycles. The number of rotatable bonds is 4. The predicted octanol–water partition coefficient (Wildman–Crippen LogP) is 10.8. The minimum Gasteiger partial charge on any atom is -0.309 e. The first-order chi connectivity index (χ1) is 24.7. The zero-order valence-corrected chi connectivity index (χ0v) is 26.7. The van der Waals surface area contributed by atoms with Crippen LogP contribution in [0.2, 0.25) is 0 Å². The number of benzene rings is 7. The van der Waals surface area contributed by atoms with Gasteiger partial charge in [-0.15, -0.1) is 0 Å². The number of para-hydroxylation sites is 4. The average Bonchev–Trinajstić information content (AvgIpc) is 3.69. The normalized spacial score (nSPS) is 11.1. The van der Waals surface area contributed by atoms with E-state index in [9.17, 15) is 15.8 Å². The molecule has 7 aromatic carbocycles. The summed E-state index contributed by atoms with van der Waals surface area (Å²) >= 11 is 0. The number of nitrogens with zero attached hydrogens (tertiary/aromatic N) is 5. The standard InChI is InChI=1S/C45H25N5/c46-26-29-19-22-44-40(23-29)39-14-3-4-16-41(39)49(44)34-20-21-35(33(25-34)28-48)30-9-7-10-31(24-30)36-15-8-11-32(27-47)45(36)50-42-17-5-1-12-37(42)38-13-2-6-18-43(38)50/h1-25H. The predicted molar refractivity (Wildman–Crippen MR) is 200 cm³/mol. The van der Waals surface area contributed by atoms with Gasteiger partial charge in [0.2, 0.25) is 0 Å². The lowest BCUT2D eigenvalue weighted by atomic mass is 9.94. The lowest BCUT2D eigenvalue weighted by Gasteiger charge is -2.17. The van der Waals surface area contributed by atoms with Crippen LogP contribution in [0.4, 0.5) is 0 Å². The van der Waals surface area contributed by atoms with Gasteiger partial charge in [-0.05, 0) is 77.4 Å². The second-order valence-electron chi connectivity index (χ2n) is 12.3. The van der Waals surface area contributed by atoms with Crippen LogP contribution in [0.3, 0.4) is 0 Å². The second kappa shape index (κ2) is 11.4. The molecule has 0 N–H and O–H groups in total. The van der Waals surface area contributed by atoms with E-state index in [0.717, 1.165) is 77.2 Å². The highest BCUT2D eigenvalue weighted by atomic mass is 15.0. The van der Waals surface area contributed by atoms with Gasteiger partial charge in [0.15, 0.2) is 0 Å². The third-order valence-corrected chi connectivity index (χ3v) is 9.63. The Hall–Kier alpha value is -7.39. The van der Waals surface area contributed by atoms with Gasteiger partial charge in [-0.25, -0.2) is 0 Å². The molecule has 0 saturated carbocycles. The van der Waals surface area contributed by atoms with Gasteiger partial charge in [0.05, 0.1) is 56.6 Å². The van der Waals surface area contributed by atoms with E-state index in [1.807, 2.05) is 97.1 Å². The lowest BCUT2D eigenvalue weighted by Crippen LogP contribution is -2.01. The van der Waals surface area contributed by atoms with Gasteiger partial charge in [-0.3, -0.25) is 0 Å². The first-order valence-electron chi connectivity index (χ1n) is 16.3. The smallest absolute Gasteiger partial charge is 0.101 e. The average molecular weight is 636 g/mol. The number of fused-ring (bicyclic) bond motifs is 6. The van der Waals surface area contributed by atoms with E-state index in [1.165, 1.54) is 0 Å². The monoisotopic (exact) mass is 635 g/mol. The van der Waals surface area contributed by atoms with Crippen LogP contribution < -0.4 is 0 Å². The molecule has 0 aliphatic rings. The molecule has 9 rings (SSSR count). The Bertz CT molecular complexity index is 2920. The van der Waals surface area contributed by atoms with Crippen molar-refractivity contribution in [2.24, 2.45) is 0 Å². The zero-order chi connectivity index (χ0) is 33.8. The molecule has 50 heavy (non-hydrogen) atoms. The van der Waals surface area contributed by atoms with Crippen molar-refractivity contribution < 1.29 is 0 Å². The Morgan fingerprint density at radius 2 is 0.960 bits per heavy atom. The molecule has 0 unspecified atom stereocenters. The van der Waals surface area contributed by atoms with E-state index >= 15 is 0 Å². The molecule has 0 spiro atoms. The van der Waals surface area contributed by atoms with Crippen molar-refractivity contribution in [1.29, 1.82) is 15.8 Å². The Labute approximate surface area is 287 Å². The summed E-state index contributed by atoms with van der Waals surface area (Å²) < 4.78 is 4.35. The van der Waals surface area contributed by atoms with E-state index in [1.54, 1.807) is 0 Å². The van der Waals surface area contributed by atoms with E-state index in [-0.39, 0.29) is 0 Å². The first kappa shape index (κ1) is 28.8. The summed E-state index contributed by atoms with van der Waals surface area (Å²) in [4.78, 5) is 0. The maximum Gasteiger partial charge on any atom is 0.101 e. The highest BCUT2D eigenvalue weighted by molar-refractivity contribution is 6.11. The lowest BCUT2D eigenvalue weighted by molar-refractivity contribution is 1.17. The molecule has 0 atom stereocenters. The molecule has 0 bridgehead atoms. The van der Waals surface area contributed by atoms with Crippen LogP contribution in [0.25, 0.3) is 77.2 Å². The molecule has 0 fully saturated rings. The van der Waals surface area contributed by atoms with E-state index in [4.69, 9.17) is 0 Å². The Morgan fingerprint density at radius 1 is 0.380 bits per heavy atom. The molecule has 2 heterocycles. The summed E-state index contributed by atoms with van der Waals surface area (Å²) in [6.45, 7) is 0. The van der Waals surface area contributed by atoms with Crippen molar-refractivity contribution >= 4 is 43.6 Å². The van der Waals surface area contributed by atoms with Gasteiger partial charge in [-0.2, -0.15) is 15.8 Å². The summed E-state index contributed by atoms with van der Waals surface area (Å²) in [7, 11) is 0. The van der Waals surface area contributed by atoms with Crippen LogP contribution in [0.5, 0.6) is 0 Å². The van der Waals surface area contributed by atoms with Gasteiger partial charge in [-0.1, -0.05) is 91.0 Å². The quantitative estimate of drug-likeness (QED) is 0.193. The molecule has 5 heteroatoms. The molecule has 0 radical (unpaired) electrons. The van der Waals surface area contributed by atoms with Crippen LogP contribution in [0.15, 0.2) is 152 Å². The third-order valence-electron chi connectivity index (χ3n) is 9.63. The fourth-order valence-corrected chi connectivity index (χ4v) is 7.46. The maximum absolute atomic E-state index is 10.5. The van der Waals surface area contributed by atoms with Gasteiger partial charge in [0.25, 0.3) is 0 Å². The Kier molecular flexibility index (Phi) is 6.56. The minimum absolute atomic E-state index is 0.549. The number of hydrogen-bond donors (Lipinski definition) is 0. The number of aromatic nitrogens is 2. The molecule has 5 nitrogen and oxygen atoms in total. The third kappa shape index (κ3) is 4.31. The fraction of sp³-hybridized carbons (Fsp3) is 0. The molecule has 9 aromatic rings. The molecule has 0 amide bonds. The Balaban J connectivity index is 1.21. The summed E-state index contributed by atoms with van der Waals surface area (Å²) in [5.41, 5.74) is 11.1. The summed E-state index contributed by atoms with van der Waals surface area (Å²) in [6, 6.07) is 57.7. The molecule has 0 aliphatic heterocycles. The highest BCUT2D eigenvalue weighted by Crippen LogP contribution is 2.40. The van der Waals surface area contributed by atoms with E-state index < -0.39 is 0 Å². The van der Waals surface area contributed by atoms with Crippen LogP contribution in [0.1, 0.15) is 16.7 Å². The first-order valence-corrected chi connectivity index (χ1v) is 16.3. The molecule has 230 valence electrons. The van der Waals surface area contributed by atoms with Crippen molar-refractivity contribution in [3.05, 3.63) is 168 Å². The number of nitriles is 3. The van der Waals surface area contributed by atoms with Crippen LogP contribution in [-0.4, -0.2) is 9.13 Å². The zero-order valence-electron chi connectivity index (χ0n) is 26.7. The Morgan fingerprint density at radius 3 is 1.62 bits per heavy atom. The summed E-state index contributed by atoms with van der Waals surface area (Å²) in [5.74, 6) is 0. The SMILES string of the molecule is N#Cc1ccc2c(c1)c1ccccc1n2-c1ccc(-c2cccc(-c3cccc(C#N)c3-n3c4ccccc4c4ccccc43)c2)c(C#N)c1. The van der Waals surface area contributed by atoms with Gasteiger partial charge in [0, 0.05) is 32.8 Å². The van der Waals surface area contributed by atoms with Crippen molar-refractivity contribution in [3.8, 4) is 51.8 Å². The highest BCUT2D eigenvalue weighted by Gasteiger charge is 2.20. The van der Waals surface area contributed by atoms with Gasteiger partial charge >= 0.3 is 0 Å². The van der Waals surface area contributed by atoms with Crippen molar-refractivity contribution in [2.75, 3.05) is 0 Å². The van der Waals surface area contributed by atoms with Gasteiger partial charge in [0.1, 0.15) is 6.07 Å². The van der Waals surface area contributed by atoms with Crippen molar-refractivity contribution in [2.45, 2.75) is 0 Å². The largest absolute Gasteiger partial charge is 0.309 e. The molecular formula is C45H25N5. The summed E-state index contributed by atoms with van der Waals surface area (Å²) in [5, 5.41) is 34.7. The van der Waals surface area contributed by atoms with E-state index in [2.05, 4.69) is 81.9 Å². The van der Waals surface area contributed by atoms with Crippen molar-refractivity contribution in [1.82, 2.24) is 9.13 Å². The molecule has 0 saturated heterocycles. The van der Waals surface area contributed by atoms with Crippen LogP contribution in [0, 0.1) is 34.0 Å².